The highest BCUT2D eigenvalue weighted by Gasteiger charge is 2.36. The molecule has 0 bridgehead atoms. The number of rotatable bonds is 6. The van der Waals surface area contributed by atoms with Crippen molar-refractivity contribution in [2.75, 3.05) is 32.7 Å². The lowest BCUT2D eigenvalue weighted by Crippen LogP contribution is -3.19. The minimum atomic E-state index is -4.60. The molecule has 2 rings (SSSR count). The van der Waals surface area contributed by atoms with Gasteiger partial charge in [-0.2, -0.15) is 17.5 Å². The molecule has 1 fully saturated rings. The molecule has 0 spiro atoms. The second kappa shape index (κ2) is 8.79. The molecule has 0 unspecified atom stereocenters. The maximum Gasteiger partial charge on any atom is 0.416 e. The lowest BCUT2D eigenvalue weighted by atomic mass is 10.2. The molecule has 1 aromatic rings. The van der Waals surface area contributed by atoms with Gasteiger partial charge >= 0.3 is 6.18 Å². The van der Waals surface area contributed by atoms with E-state index < -0.39 is 21.8 Å². The number of alkyl halides is 3. The fraction of sp³-hybridized carbons (Fsp3) is 0.611. The summed E-state index contributed by atoms with van der Waals surface area (Å²) in [6.45, 7) is 7.48. The second-order valence-corrected chi connectivity index (χ2v) is 9.39. The Balaban J connectivity index is 2.03. The van der Waals surface area contributed by atoms with E-state index in [0.717, 1.165) is 17.0 Å². The molecule has 6 nitrogen and oxygen atoms in total. The van der Waals surface area contributed by atoms with E-state index in [9.17, 15) is 26.4 Å². The molecular weight excluding hydrogens is 395 g/mol. The summed E-state index contributed by atoms with van der Waals surface area (Å²) in [6, 6.07) is 3.45. The summed E-state index contributed by atoms with van der Waals surface area (Å²) in [4.78, 5) is 12.8. The molecule has 28 heavy (non-hydrogen) atoms. The van der Waals surface area contributed by atoms with E-state index >= 15 is 0 Å². The summed E-state index contributed by atoms with van der Waals surface area (Å²) < 4.78 is 65.3. The number of amides is 1. The Morgan fingerprint density at radius 3 is 2.36 bits per heavy atom. The molecule has 1 atom stereocenters. The minimum Gasteiger partial charge on any atom is -0.351 e. The van der Waals surface area contributed by atoms with E-state index in [2.05, 4.69) is 5.32 Å². The van der Waals surface area contributed by atoms with Crippen LogP contribution in [0.15, 0.2) is 29.2 Å². The summed E-state index contributed by atoms with van der Waals surface area (Å²) in [5.74, 6) is 0.249. The molecule has 1 aliphatic heterocycles. The van der Waals surface area contributed by atoms with Crippen LogP contribution in [0.3, 0.4) is 0 Å². The number of hydrogen-bond donors (Lipinski definition) is 2. The maximum atomic E-state index is 12.9. The van der Waals surface area contributed by atoms with Crippen molar-refractivity contribution in [1.82, 2.24) is 9.62 Å². The highest BCUT2D eigenvalue weighted by atomic mass is 32.2. The number of carbonyl (C=O) groups excluding carboxylic acids is 1. The molecule has 1 saturated heterocycles. The van der Waals surface area contributed by atoms with E-state index in [1.54, 1.807) is 6.92 Å². The summed E-state index contributed by atoms with van der Waals surface area (Å²) >= 11 is 0. The zero-order chi connectivity index (χ0) is 21.1. The molecular formula is C18H27F3N3O3S+. The normalized spacial score (nSPS) is 18.2. The van der Waals surface area contributed by atoms with Crippen molar-refractivity contribution in [3.8, 4) is 0 Å². The first kappa shape index (κ1) is 22.6. The predicted octanol–water partition coefficient (Wildman–Crippen LogP) is 0.755. The average molecular weight is 422 g/mol. The van der Waals surface area contributed by atoms with E-state index in [4.69, 9.17) is 0 Å². The lowest BCUT2D eigenvalue weighted by Gasteiger charge is -2.34. The van der Waals surface area contributed by atoms with Gasteiger partial charge in [0.1, 0.15) is 0 Å². The number of nitrogens with one attached hydrogen (secondary N) is 2. The van der Waals surface area contributed by atoms with Crippen molar-refractivity contribution in [2.45, 2.75) is 37.9 Å². The standard InChI is InChI=1S/C18H26F3N3O3S/c1-13(2)12-22-17(25)14(3)23-7-9-24(10-8-23)28(26,27)16-6-4-5-15(11-16)18(19,20)21/h4-6,11,13-14H,7-10,12H2,1-3H3,(H,22,25)/p+1/t14-/m0/s1. The third kappa shape index (κ3) is 5.45. The third-order valence-electron chi connectivity index (χ3n) is 4.85. The van der Waals surface area contributed by atoms with Crippen LogP contribution in [-0.4, -0.2) is 57.4 Å². The molecule has 10 heteroatoms. The number of hydrogen-bond acceptors (Lipinski definition) is 3. The Morgan fingerprint density at radius 2 is 1.82 bits per heavy atom. The molecule has 0 saturated carbocycles. The SMILES string of the molecule is CC(C)CNC(=O)[C@H](C)[NH+]1CCN(S(=O)(=O)c2cccc(C(F)(F)F)c2)CC1. The topological polar surface area (TPSA) is 70.9 Å². The Kier molecular flexibility index (Phi) is 7.11. The minimum absolute atomic E-state index is 0.0853. The van der Waals surface area contributed by atoms with Crippen LogP contribution in [0, 0.1) is 5.92 Å². The van der Waals surface area contributed by atoms with Crippen LogP contribution in [-0.2, 0) is 21.0 Å². The third-order valence-corrected chi connectivity index (χ3v) is 6.75. The van der Waals surface area contributed by atoms with Gasteiger partial charge < -0.3 is 10.2 Å². The number of halogens is 3. The molecule has 1 aliphatic rings. The van der Waals surface area contributed by atoms with E-state index in [-0.39, 0.29) is 29.9 Å². The van der Waals surface area contributed by atoms with Crippen LogP contribution in [0.1, 0.15) is 26.3 Å². The van der Waals surface area contributed by atoms with E-state index in [0.29, 0.717) is 31.6 Å². The quantitative estimate of drug-likeness (QED) is 0.711. The van der Waals surface area contributed by atoms with Gasteiger partial charge in [-0.25, -0.2) is 8.42 Å². The van der Waals surface area contributed by atoms with Crippen molar-refractivity contribution in [2.24, 2.45) is 5.92 Å². The molecule has 2 N–H and O–H groups in total. The number of quaternary nitrogens is 1. The second-order valence-electron chi connectivity index (χ2n) is 7.45. The van der Waals surface area contributed by atoms with E-state index in [1.165, 1.54) is 10.4 Å². The lowest BCUT2D eigenvalue weighted by molar-refractivity contribution is -0.917. The maximum absolute atomic E-state index is 12.9. The molecule has 1 heterocycles. The van der Waals surface area contributed by atoms with Gasteiger partial charge in [0.2, 0.25) is 10.0 Å². The number of sulfonamides is 1. The molecule has 158 valence electrons. The smallest absolute Gasteiger partial charge is 0.351 e. The number of benzene rings is 1. The number of carbonyl (C=O) groups is 1. The Morgan fingerprint density at radius 1 is 1.21 bits per heavy atom. The van der Waals surface area contributed by atoms with Crippen LogP contribution in [0.25, 0.3) is 0 Å². The molecule has 1 amide bonds. The molecule has 0 radical (unpaired) electrons. The zero-order valence-electron chi connectivity index (χ0n) is 16.2. The van der Waals surface area contributed by atoms with Crippen molar-refractivity contribution in [3.05, 3.63) is 29.8 Å². The summed E-state index contributed by atoms with van der Waals surface area (Å²) in [7, 11) is -4.02. The monoisotopic (exact) mass is 422 g/mol. The van der Waals surface area contributed by atoms with Crippen molar-refractivity contribution in [1.29, 1.82) is 0 Å². The van der Waals surface area contributed by atoms with Gasteiger partial charge in [0.15, 0.2) is 6.04 Å². The van der Waals surface area contributed by atoms with Gasteiger partial charge in [-0.05, 0) is 31.0 Å². The highest BCUT2D eigenvalue weighted by molar-refractivity contribution is 7.89. The van der Waals surface area contributed by atoms with Gasteiger partial charge in [0.05, 0.1) is 36.6 Å². The van der Waals surface area contributed by atoms with Crippen LogP contribution in [0.4, 0.5) is 13.2 Å². The summed E-state index contributed by atoms with van der Waals surface area (Å²) in [6.07, 6.45) is -4.60. The van der Waals surface area contributed by atoms with Crippen molar-refractivity contribution < 1.29 is 31.3 Å². The Bertz CT molecular complexity index is 789. The predicted molar refractivity (Wildman–Crippen MR) is 98.2 cm³/mol. The first-order chi connectivity index (χ1) is 12.9. The van der Waals surface area contributed by atoms with Crippen molar-refractivity contribution >= 4 is 15.9 Å². The van der Waals surface area contributed by atoms with Gasteiger partial charge in [-0.3, -0.25) is 4.79 Å². The first-order valence-corrected chi connectivity index (χ1v) is 10.7. The van der Waals surface area contributed by atoms with Crippen molar-refractivity contribution in [3.63, 3.8) is 0 Å². The molecule has 0 aromatic heterocycles. The fourth-order valence-electron chi connectivity index (χ4n) is 3.07. The largest absolute Gasteiger partial charge is 0.416 e. The average Bonchev–Trinajstić information content (AvgIpc) is 2.65. The zero-order valence-corrected chi connectivity index (χ0v) is 17.0. The van der Waals surface area contributed by atoms with Gasteiger partial charge in [0, 0.05) is 6.54 Å². The Labute approximate surface area is 163 Å². The fourth-order valence-corrected chi connectivity index (χ4v) is 4.56. The molecule has 1 aromatic carbocycles. The first-order valence-electron chi connectivity index (χ1n) is 9.22. The molecule has 0 aliphatic carbocycles. The summed E-state index contributed by atoms with van der Waals surface area (Å²) in [5, 5.41) is 2.87. The van der Waals surface area contributed by atoms with Gasteiger partial charge in [0.25, 0.3) is 5.91 Å². The van der Waals surface area contributed by atoms with Crippen LogP contribution in [0.2, 0.25) is 0 Å². The summed E-state index contributed by atoms with van der Waals surface area (Å²) in [5.41, 5.74) is -0.992. The number of piperazine rings is 1. The van der Waals surface area contributed by atoms with Gasteiger partial charge in [-0.15, -0.1) is 0 Å². The van der Waals surface area contributed by atoms with Crippen LogP contribution in [0.5, 0.6) is 0 Å². The van der Waals surface area contributed by atoms with Crippen LogP contribution < -0.4 is 10.2 Å². The Hall–Kier alpha value is -1.65. The van der Waals surface area contributed by atoms with Crippen LogP contribution >= 0.6 is 0 Å². The van der Waals surface area contributed by atoms with Gasteiger partial charge in [-0.1, -0.05) is 19.9 Å². The number of nitrogens with zero attached hydrogens (tertiary/aromatic N) is 1. The van der Waals surface area contributed by atoms with E-state index in [1.807, 2.05) is 13.8 Å². The highest BCUT2D eigenvalue weighted by Crippen LogP contribution is 2.31.